The lowest BCUT2D eigenvalue weighted by Gasteiger charge is -2.22. The van der Waals surface area contributed by atoms with Crippen LogP contribution in [0.15, 0.2) is 30.3 Å². The SMILES string of the molecule is CC(C)c1nc(N(C)S(C)(=O)=O)cc(-c2ccc(F)cc2)c1CO. The van der Waals surface area contributed by atoms with Crippen LogP contribution in [-0.4, -0.2) is 31.8 Å². The van der Waals surface area contributed by atoms with Gasteiger partial charge in [0.05, 0.1) is 18.6 Å². The average Bonchev–Trinajstić information content (AvgIpc) is 2.52. The van der Waals surface area contributed by atoms with Crippen molar-refractivity contribution < 1.29 is 17.9 Å². The quantitative estimate of drug-likeness (QED) is 0.898. The van der Waals surface area contributed by atoms with E-state index in [2.05, 4.69) is 4.98 Å². The maximum Gasteiger partial charge on any atom is 0.233 e. The minimum Gasteiger partial charge on any atom is -0.392 e. The molecule has 0 saturated carbocycles. The Labute approximate surface area is 141 Å². The third-order valence-corrected chi connectivity index (χ3v) is 5.01. The van der Waals surface area contributed by atoms with Crippen LogP contribution in [0.1, 0.15) is 31.0 Å². The van der Waals surface area contributed by atoms with E-state index in [1.54, 1.807) is 18.2 Å². The number of benzene rings is 1. The van der Waals surface area contributed by atoms with Crippen LogP contribution in [0.4, 0.5) is 10.2 Å². The van der Waals surface area contributed by atoms with Crippen molar-refractivity contribution >= 4 is 15.8 Å². The number of rotatable bonds is 5. The van der Waals surface area contributed by atoms with Crippen molar-refractivity contribution in [2.24, 2.45) is 0 Å². The van der Waals surface area contributed by atoms with Gasteiger partial charge in [0.15, 0.2) is 0 Å². The molecule has 24 heavy (non-hydrogen) atoms. The first kappa shape index (κ1) is 18.4. The Kier molecular flexibility index (Phi) is 5.25. The number of aliphatic hydroxyl groups is 1. The lowest BCUT2D eigenvalue weighted by atomic mass is 9.95. The van der Waals surface area contributed by atoms with E-state index in [9.17, 15) is 17.9 Å². The van der Waals surface area contributed by atoms with Crippen LogP contribution in [0.2, 0.25) is 0 Å². The predicted molar refractivity (Wildman–Crippen MR) is 92.9 cm³/mol. The molecule has 0 aliphatic rings. The molecule has 7 heteroatoms. The van der Waals surface area contributed by atoms with Crippen molar-refractivity contribution in [1.82, 2.24) is 4.98 Å². The fourth-order valence-electron chi connectivity index (χ4n) is 2.44. The second kappa shape index (κ2) is 6.86. The van der Waals surface area contributed by atoms with Gasteiger partial charge < -0.3 is 5.11 Å². The van der Waals surface area contributed by atoms with E-state index in [0.717, 1.165) is 10.6 Å². The standard InChI is InChI=1S/C17H21FN2O3S/c1-11(2)17-15(10-21)14(12-5-7-13(18)8-6-12)9-16(19-17)20(3)24(4,22)23/h5-9,11,21H,10H2,1-4H3. The number of hydrogen-bond acceptors (Lipinski definition) is 4. The van der Waals surface area contributed by atoms with E-state index in [1.165, 1.54) is 19.2 Å². The van der Waals surface area contributed by atoms with Crippen molar-refractivity contribution in [3.63, 3.8) is 0 Å². The molecule has 1 heterocycles. The molecular formula is C17H21FN2O3S. The molecule has 1 aromatic heterocycles. The van der Waals surface area contributed by atoms with Crippen molar-refractivity contribution in [3.05, 3.63) is 47.4 Å². The zero-order valence-corrected chi connectivity index (χ0v) is 14.9. The Morgan fingerprint density at radius 3 is 2.29 bits per heavy atom. The summed E-state index contributed by atoms with van der Waals surface area (Å²) in [6.45, 7) is 3.59. The molecule has 130 valence electrons. The van der Waals surface area contributed by atoms with Gasteiger partial charge >= 0.3 is 0 Å². The number of nitrogens with zero attached hydrogens (tertiary/aromatic N) is 2. The fraction of sp³-hybridized carbons (Fsp3) is 0.353. The number of halogens is 1. The molecule has 0 atom stereocenters. The first-order chi connectivity index (χ1) is 11.1. The zero-order chi connectivity index (χ0) is 18.1. The van der Waals surface area contributed by atoms with Gasteiger partial charge in [-0.15, -0.1) is 0 Å². The number of pyridine rings is 1. The van der Waals surface area contributed by atoms with Crippen LogP contribution in [-0.2, 0) is 16.6 Å². The highest BCUT2D eigenvalue weighted by Crippen LogP contribution is 2.33. The van der Waals surface area contributed by atoms with E-state index in [0.29, 0.717) is 22.4 Å². The van der Waals surface area contributed by atoms with Gasteiger partial charge in [-0.1, -0.05) is 26.0 Å². The monoisotopic (exact) mass is 352 g/mol. The van der Waals surface area contributed by atoms with Gasteiger partial charge in [-0.3, -0.25) is 4.31 Å². The molecule has 0 radical (unpaired) electrons. The third kappa shape index (κ3) is 3.73. The summed E-state index contributed by atoms with van der Waals surface area (Å²) in [6, 6.07) is 7.44. The summed E-state index contributed by atoms with van der Waals surface area (Å²) in [5, 5.41) is 9.81. The summed E-state index contributed by atoms with van der Waals surface area (Å²) < 4.78 is 38.0. The number of aromatic nitrogens is 1. The molecule has 0 fully saturated rings. The molecule has 0 spiro atoms. The summed E-state index contributed by atoms with van der Waals surface area (Å²) in [4.78, 5) is 4.43. The average molecular weight is 352 g/mol. The van der Waals surface area contributed by atoms with E-state index >= 15 is 0 Å². The predicted octanol–water partition coefficient (Wildman–Crippen LogP) is 2.90. The Bertz CT molecular complexity index is 834. The van der Waals surface area contributed by atoms with Crippen molar-refractivity contribution in [1.29, 1.82) is 0 Å². The van der Waals surface area contributed by atoms with Crippen LogP contribution >= 0.6 is 0 Å². The molecule has 5 nitrogen and oxygen atoms in total. The van der Waals surface area contributed by atoms with Gasteiger partial charge in [0, 0.05) is 12.6 Å². The van der Waals surface area contributed by atoms with Crippen LogP contribution in [0.3, 0.4) is 0 Å². The molecule has 2 rings (SSSR count). The van der Waals surface area contributed by atoms with Gasteiger partial charge in [0.2, 0.25) is 10.0 Å². The number of aliphatic hydroxyl groups excluding tert-OH is 1. The zero-order valence-electron chi connectivity index (χ0n) is 14.1. The van der Waals surface area contributed by atoms with Gasteiger partial charge in [-0.05, 0) is 35.2 Å². The number of sulfonamides is 1. The maximum atomic E-state index is 13.2. The third-order valence-electron chi connectivity index (χ3n) is 3.82. The summed E-state index contributed by atoms with van der Waals surface area (Å²) in [6.07, 6.45) is 1.10. The first-order valence-electron chi connectivity index (χ1n) is 7.49. The van der Waals surface area contributed by atoms with Crippen LogP contribution < -0.4 is 4.31 Å². The van der Waals surface area contributed by atoms with Crippen molar-refractivity contribution in [3.8, 4) is 11.1 Å². The van der Waals surface area contributed by atoms with Crippen molar-refractivity contribution in [2.75, 3.05) is 17.6 Å². The number of anilines is 1. The molecule has 0 amide bonds. The topological polar surface area (TPSA) is 70.5 Å². The highest BCUT2D eigenvalue weighted by Gasteiger charge is 2.20. The Morgan fingerprint density at radius 1 is 1.25 bits per heavy atom. The summed E-state index contributed by atoms with van der Waals surface area (Å²) in [5.41, 5.74) is 2.56. The summed E-state index contributed by atoms with van der Waals surface area (Å²) in [5.74, 6) is -0.118. The van der Waals surface area contributed by atoms with Gasteiger partial charge in [-0.25, -0.2) is 17.8 Å². The van der Waals surface area contributed by atoms with Crippen molar-refractivity contribution in [2.45, 2.75) is 26.4 Å². The summed E-state index contributed by atoms with van der Waals surface area (Å²) in [7, 11) is -2.05. The lowest BCUT2D eigenvalue weighted by Crippen LogP contribution is -2.26. The van der Waals surface area contributed by atoms with Crippen LogP contribution in [0.25, 0.3) is 11.1 Å². The largest absolute Gasteiger partial charge is 0.392 e. The van der Waals surface area contributed by atoms with E-state index in [4.69, 9.17) is 0 Å². The molecule has 2 aromatic rings. The molecule has 0 aliphatic carbocycles. The van der Waals surface area contributed by atoms with Gasteiger partial charge in [-0.2, -0.15) is 0 Å². The van der Waals surface area contributed by atoms with Gasteiger partial charge in [0.1, 0.15) is 11.6 Å². The van der Waals surface area contributed by atoms with E-state index < -0.39 is 10.0 Å². The molecule has 1 N–H and O–H groups in total. The highest BCUT2D eigenvalue weighted by atomic mass is 32.2. The van der Waals surface area contributed by atoms with Gasteiger partial charge in [0.25, 0.3) is 0 Å². The smallest absolute Gasteiger partial charge is 0.233 e. The van der Waals surface area contributed by atoms with E-state index in [-0.39, 0.29) is 24.2 Å². The molecule has 0 aliphatic heterocycles. The Morgan fingerprint density at radius 2 is 1.83 bits per heavy atom. The normalized spacial score (nSPS) is 11.8. The molecule has 0 bridgehead atoms. The Balaban J connectivity index is 2.76. The molecule has 1 aromatic carbocycles. The Hall–Kier alpha value is -1.99. The summed E-state index contributed by atoms with van der Waals surface area (Å²) >= 11 is 0. The van der Waals surface area contributed by atoms with Crippen LogP contribution in [0, 0.1) is 5.82 Å². The fourth-order valence-corrected chi connectivity index (χ4v) is 2.87. The lowest BCUT2D eigenvalue weighted by molar-refractivity contribution is 0.280. The van der Waals surface area contributed by atoms with E-state index in [1.807, 2.05) is 13.8 Å². The maximum absolute atomic E-state index is 13.2. The minimum atomic E-state index is -3.48. The molecule has 0 saturated heterocycles. The minimum absolute atomic E-state index is 0.0146. The second-order valence-electron chi connectivity index (χ2n) is 5.94. The van der Waals surface area contributed by atoms with Crippen LogP contribution in [0.5, 0.6) is 0 Å². The molecular weight excluding hydrogens is 331 g/mol. The molecule has 0 unspecified atom stereocenters. The second-order valence-corrected chi connectivity index (χ2v) is 7.96. The highest BCUT2D eigenvalue weighted by molar-refractivity contribution is 7.92. The number of hydrogen-bond donors (Lipinski definition) is 1. The first-order valence-corrected chi connectivity index (χ1v) is 9.34.